The monoisotopic (exact) mass is 465 g/mol. The van der Waals surface area contributed by atoms with E-state index in [-0.39, 0.29) is 5.75 Å². The molecule has 0 aliphatic heterocycles. The second-order valence-corrected chi connectivity index (χ2v) is 7.63. The van der Waals surface area contributed by atoms with E-state index in [2.05, 4.69) is 49.6 Å². The molecule has 0 saturated carbocycles. The normalized spacial score (nSPS) is 11.4. The Morgan fingerprint density at radius 3 is 2.59 bits per heavy atom. The lowest BCUT2D eigenvalue weighted by atomic mass is 10.1. The van der Waals surface area contributed by atoms with Crippen LogP contribution in [0.5, 0.6) is 5.75 Å². The van der Waals surface area contributed by atoms with Gasteiger partial charge >= 0.3 is 6.61 Å². The molecule has 9 heteroatoms. The van der Waals surface area contributed by atoms with Crippen LogP contribution in [0, 0.1) is 0 Å². The molecule has 0 spiro atoms. The predicted octanol–water partition coefficient (Wildman–Crippen LogP) is 5.67. The number of hydrogen-bond donors (Lipinski definition) is 1. The number of aryl methyl sites for hydroxylation is 2. The zero-order valence-electron chi connectivity index (χ0n) is 18.5. The molecule has 0 radical (unpaired) electrons. The number of hydrogen-bond acceptors (Lipinski definition) is 6. The van der Waals surface area contributed by atoms with Crippen molar-refractivity contribution < 1.29 is 17.9 Å². The van der Waals surface area contributed by atoms with E-state index in [9.17, 15) is 8.78 Å². The maximum atomic E-state index is 12.2. The van der Waals surface area contributed by atoms with Gasteiger partial charge in [0.2, 0.25) is 5.89 Å². The summed E-state index contributed by atoms with van der Waals surface area (Å²) >= 11 is 0. The van der Waals surface area contributed by atoms with E-state index in [1.165, 1.54) is 17.7 Å². The summed E-state index contributed by atoms with van der Waals surface area (Å²) in [5.41, 5.74) is 3.90. The molecule has 7 nitrogen and oxygen atoms in total. The Labute approximate surface area is 196 Å². The maximum Gasteiger partial charge on any atom is 0.387 e. The Hall–Kier alpha value is -4.01. The van der Waals surface area contributed by atoms with E-state index in [0.717, 1.165) is 42.8 Å². The van der Waals surface area contributed by atoms with Crippen molar-refractivity contribution in [3.63, 3.8) is 0 Å². The summed E-state index contributed by atoms with van der Waals surface area (Å²) < 4.78 is 36.1. The van der Waals surface area contributed by atoms with Crippen LogP contribution in [0.2, 0.25) is 0 Å². The van der Waals surface area contributed by atoms with Crippen molar-refractivity contribution in [1.82, 2.24) is 20.0 Å². The first-order valence-corrected chi connectivity index (χ1v) is 11.0. The Morgan fingerprint density at radius 2 is 1.85 bits per heavy atom. The van der Waals surface area contributed by atoms with Gasteiger partial charge in [0, 0.05) is 24.5 Å². The van der Waals surface area contributed by atoms with E-state index >= 15 is 0 Å². The number of benzene rings is 2. The molecule has 4 aromatic rings. The quantitative estimate of drug-likeness (QED) is 0.272. The summed E-state index contributed by atoms with van der Waals surface area (Å²) in [6.07, 6.45) is 11.9. The third-order valence-electron chi connectivity index (χ3n) is 5.10. The highest BCUT2D eigenvalue weighted by Crippen LogP contribution is 2.17. The first-order valence-electron chi connectivity index (χ1n) is 11.0. The number of nitrogens with zero attached hydrogens (tertiary/aromatic N) is 4. The largest absolute Gasteiger partial charge is 0.445 e. The lowest BCUT2D eigenvalue weighted by molar-refractivity contribution is -0.0498. The number of anilines is 1. The van der Waals surface area contributed by atoms with Gasteiger partial charge in [0.25, 0.3) is 0 Å². The van der Waals surface area contributed by atoms with Crippen LogP contribution in [-0.4, -0.2) is 26.6 Å². The van der Waals surface area contributed by atoms with Crippen molar-refractivity contribution in [2.45, 2.75) is 39.0 Å². The van der Waals surface area contributed by atoms with Crippen molar-refractivity contribution in [3.8, 4) is 5.75 Å². The average molecular weight is 466 g/mol. The second-order valence-electron chi connectivity index (χ2n) is 7.63. The molecule has 0 atom stereocenters. The molecule has 0 aliphatic carbocycles. The topological polar surface area (TPSA) is 78.0 Å². The van der Waals surface area contributed by atoms with Crippen LogP contribution in [0.4, 0.5) is 14.5 Å². The van der Waals surface area contributed by atoms with Gasteiger partial charge in [0.05, 0.1) is 18.4 Å². The number of oxazole rings is 1. The van der Waals surface area contributed by atoms with Crippen LogP contribution in [0.25, 0.3) is 12.2 Å². The molecular formula is C25H25F2N5O2. The summed E-state index contributed by atoms with van der Waals surface area (Å²) in [6.45, 7) is -1.41. The summed E-state index contributed by atoms with van der Waals surface area (Å²) in [4.78, 5) is 4.43. The number of alkyl halides is 2. The molecule has 0 aliphatic rings. The predicted molar refractivity (Wildman–Crippen MR) is 125 cm³/mol. The number of ether oxygens (including phenoxy) is 1. The van der Waals surface area contributed by atoms with Gasteiger partial charge in [0.1, 0.15) is 12.0 Å². The van der Waals surface area contributed by atoms with Gasteiger partial charge in [0.15, 0.2) is 0 Å². The Morgan fingerprint density at radius 1 is 1.03 bits per heavy atom. The van der Waals surface area contributed by atoms with Crippen molar-refractivity contribution in [2.24, 2.45) is 0 Å². The minimum atomic E-state index is -2.83. The third kappa shape index (κ3) is 7.26. The molecule has 0 amide bonds. The molecule has 2 aromatic heterocycles. The molecule has 1 N–H and O–H groups in total. The van der Waals surface area contributed by atoms with Gasteiger partial charge in [-0.2, -0.15) is 8.78 Å². The van der Waals surface area contributed by atoms with Crippen molar-refractivity contribution >= 4 is 17.8 Å². The Bertz CT molecular complexity index is 1160. The van der Waals surface area contributed by atoms with Crippen LogP contribution in [0.3, 0.4) is 0 Å². The standard InChI is InChI=1S/C25H25F2N5O2/c26-25(27)34-23-11-6-20(7-12-23)8-13-24-30-22(18-33-24)17-28-21-9-4-19(5-10-21)3-1-2-15-32-16-14-29-31-32/h4-14,16,18,25,28H,1-3,15,17H2. The minimum Gasteiger partial charge on any atom is -0.445 e. The van der Waals surface area contributed by atoms with Crippen LogP contribution < -0.4 is 10.1 Å². The van der Waals surface area contributed by atoms with Crippen molar-refractivity contribution in [1.29, 1.82) is 0 Å². The molecule has 2 aromatic carbocycles. The highest BCUT2D eigenvalue weighted by molar-refractivity contribution is 5.66. The van der Waals surface area contributed by atoms with Crippen LogP contribution >= 0.6 is 0 Å². The first kappa shape index (κ1) is 23.2. The van der Waals surface area contributed by atoms with Gasteiger partial charge in [-0.3, -0.25) is 4.68 Å². The van der Waals surface area contributed by atoms with Gasteiger partial charge in [-0.15, -0.1) is 5.10 Å². The lowest BCUT2D eigenvalue weighted by Crippen LogP contribution is -2.01. The Kier molecular flexibility index (Phi) is 7.99. The van der Waals surface area contributed by atoms with Gasteiger partial charge in [-0.05, 0) is 60.7 Å². The number of halogens is 2. The van der Waals surface area contributed by atoms with E-state index in [1.807, 2.05) is 10.9 Å². The fourth-order valence-electron chi connectivity index (χ4n) is 3.35. The number of aromatic nitrogens is 4. The minimum absolute atomic E-state index is 0.118. The SMILES string of the molecule is FC(F)Oc1ccc(C=Cc2nc(CNc3ccc(CCCCn4ccnn4)cc3)co2)cc1. The van der Waals surface area contributed by atoms with E-state index in [1.54, 1.807) is 36.7 Å². The fraction of sp³-hybridized carbons (Fsp3) is 0.240. The number of nitrogens with one attached hydrogen (secondary N) is 1. The van der Waals surface area contributed by atoms with Crippen LogP contribution in [-0.2, 0) is 19.5 Å². The molecule has 0 unspecified atom stereocenters. The van der Waals surface area contributed by atoms with Crippen molar-refractivity contribution in [2.75, 3.05) is 5.32 Å². The van der Waals surface area contributed by atoms with Crippen LogP contribution in [0.15, 0.2) is 71.6 Å². The molecule has 176 valence electrons. The van der Waals surface area contributed by atoms with Gasteiger partial charge in [-0.25, -0.2) is 4.98 Å². The smallest absolute Gasteiger partial charge is 0.387 e. The van der Waals surface area contributed by atoms with Gasteiger partial charge in [-0.1, -0.05) is 29.5 Å². The molecule has 34 heavy (non-hydrogen) atoms. The van der Waals surface area contributed by atoms with E-state index in [4.69, 9.17) is 4.42 Å². The zero-order chi connectivity index (χ0) is 23.6. The third-order valence-corrected chi connectivity index (χ3v) is 5.10. The van der Waals surface area contributed by atoms with E-state index in [0.29, 0.717) is 12.4 Å². The fourth-order valence-corrected chi connectivity index (χ4v) is 3.35. The highest BCUT2D eigenvalue weighted by Gasteiger charge is 2.04. The number of unbranched alkanes of at least 4 members (excludes halogenated alkanes) is 1. The molecule has 0 bridgehead atoms. The highest BCUT2D eigenvalue weighted by atomic mass is 19.3. The molecule has 0 fully saturated rings. The molecular weight excluding hydrogens is 440 g/mol. The van der Waals surface area contributed by atoms with E-state index < -0.39 is 6.61 Å². The summed E-state index contributed by atoms with van der Waals surface area (Å²) in [5.74, 6) is 0.582. The first-order chi connectivity index (χ1) is 16.6. The summed E-state index contributed by atoms with van der Waals surface area (Å²) in [7, 11) is 0. The second kappa shape index (κ2) is 11.7. The lowest BCUT2D eigenvalue weighted by Gasteiger charge is -2.06. The molecule has 2 heterocycles. The Balaban J connectivity index is 1.20. The van der Waals surface area contributed by atoms with Crippen LogP contribution in [0.1, 0.15) is 35.6 Å². The molecule has 0 saturated heterocycles. The van der Waals surface area contributed by atoms with Crippen molar-refractivity contribution in [3.05, 3.63) is 89.9 Å². The summed E-state index contributed by atoms with van der Waals surface area (Å²) in [5, 5.41) is 11.1. The average Bonchev–Trinajstić information content (AvgIpc) is 3.53. The van der Waals surface area contributed by atoms with Gasteiger partial charge < -0.3 is 14.5 Å². The summed E-state index contributed by atoms with van der Waals surface area (Å²) in [6, 6.07) is 14.7. The zero-order valence-corrected chi connectivity index (χ0v) is 18.5. The number of rotatable bonds is 12. The maximum absolute atomic E-state index is 12.2. The molecule has 4 rings (SSSR count).